The number of imidazole rings is 1. The lowest BCUT2D eigenvalue weighted by Gasteiger charge is -2.15. The van der Waals surface area contributed by atoms with Crippen LogP contribution >= 0.6 is 0 Å². The number of anilines is 1. The molecule has 0 saturated carbocycles. The van der Waals surface area contributed by atoms with Gasteiger partial charge in [0.25, 0.3) is 5.82 Å². The highest BCUT2D eigenvalue weighted by Gasteiger charge is 2.28. The van der Waals surface area contributed by atoms with Gasteiger partial charge in [-0.3, -0.25) is 9.79 Å². The molecular weight excluding hydrogens is 530 g/mol. The Balaban J connectivity index is 1.79. The van der Waals surface area contributed by atoms with Gasteiger partial charge in [0.1, 0.15) is 36.8 Å². The lowest BCUT2D eigenvalue weighted by molar-refractivity contribution is -0.685. The smallest absolute Gasteiger partial charge is 0.407 e. The molecule has 208 valence electrons. The number of nitrogens with one attached hydrogen (secondary N) is 2. The Kier molecular flexibility index (Phi) is 8.17. The van der Waals surface area contributed by atoms with Gasteiger partial charge in [-0.1, -0.05) is 0 Å². The molecule has 4 rings (SSSR count). The second-order valence-electron chi connectivity index (χ2n) is 8.98. The van der Waals surface area contributed by atoms with E-state index in [9.17, 15) is 31.1 Å². The predicted octanol–water partition coefficient (Wildman–Crippen LogP) is 5.90. The topological polar surface area (TPSA) is 94.5 Å². The standard InChI is InChI=1S/C26H24F6N4O3/c27-25(28,29)14-34-16-5-7-18-20(12-16)39-21-13-17(35-15-26(30,31)32)6-8-19(21)23(18)24-33-9-11-36(24)10-3-1-2-4-22(37)38/h5-9,11-13H,1-4,10,14-15H2,(H2,34,35,37,38)/p+1. The lowest BCUT2D eigenvalue weighted by atomic mass is 9.98. The maximum atomic E-state index is 12.7. The molecule has 7 nitrogen and oxygen atoms in total. The number of carbonyl (C=O) groups is 1. The van der Waals surface area contributed by atoms with E-state index >= 15 is 0 Å². The second kappa shape index (κ2) is 11.4. The van der Waals surface area contributed by atoms with E-state index in [1.807, 2.05) is 4.57 Å². The van der Waals surface area contributed by atoms with Crippen LogP contribution in [0.25, 0.3) is 33.7 Å². The Morgan fingerprint density at radius 2 is 1.82 bits per heavy atom. The number of hydrogen-bond acceptors (Lipinski definition) is 4. The molecule has 0 fully saturated rings. The molecule has 13 heteroatoms. The molecule has 1 aliphatic carbocycles. The van der Waals surface area contributed by atoms with Gasteiger partial charge in [0, 0.05) is 35.2 Å². The van der Waals surface area contributed by atoms with E-state index in [0.29, 0.717) is 48.1 Å². The van der Waals surface area contributed by atoms with Gasteiger partial charge in [0.05, 0.1) is 17.5 Å². The summed E-state index contributed by atoms with van der Waals surface area (Å²) < 4.78 is 84.2. The molecule has 0 amide bonds. The van der Waals surface area contributed by atoms with E-state index in [0.717, 1.165) is 0 Å². The van der Waals surface area contributed by atoms with E-state index in [1.54, 1.807) is 24.5 Å². The molecule has 2 heterocycles. The van der Waals surface area contributed by atoms with Gasteiger partial charge < -0.3 is 14.8 Å². The number of aliphatic carboxylic acids is 1. The molecule has 0 bridgehead atoms. The van der Waals surface area contributed by atoms with Gasteiger partial charge in [-0.15, -0.1) is 0 Å². The third-order valence-corrected chi connectivity index (χ3v) is 5.93. The van der Waals surface area contributed by atoms with Crippen LogP contribution in [-0.2, 0) is 11.3 Å². The lowest BCUT2D eigenvalue weighted by Crippen LogP contribution is -2.34. The van der Waals surface area contributed by atoms with Crippen LogP contribution in [0, 0.1) is 0 Å². The molecule has 1 aromatic carbocycles. The van der Waals surface area contributed by atoms with Crippen LogP contribution in [0.5, 0.6) is 0 Å². The van der Waals surface area contributed by atoms with Gasteiger partial charge in [0.2, 0.25) is 0 Å². The zero-order valence-corrected chi connectivity index (χ0v) is 20.5. The van der Waals surface area contributed by atoms with Crippen molar-refractivity contribution in [2.24, 2.45) is 4.99 Å². The molecule has 2 aromatic rings. The number of rotatable bonds is 10. The summed E-state index contributed by atoms with van der Waals surface area (Å²) >= 11 is 0. The summed E-state index contributed by atoms with van der Waals surface area (Å²) in [7, 11) is 0. The first kappa shape index (κ1) is 28.0. The largest absolute Gasteiger partial charge is 0.481 e. The fourth-order valence-corrected chi connectivity index (χ4v) is 4.23. The first-order chi connectivity index (χ1) is 18.4. The summed E-state index contributed by atoms with van der Waals surface area (Å²) in [6.07, 6.45) is -3.41. The number of halogens is 6. The van der Waals surface area contributed by atoms with Crippen LogP contribution < -0.4 is 15.2 Å². The average molecular weight is 555 g/mol. The van der Waals surface area contributed by atoms with E-state index < -0.39 is 31.4 Å². The third kappa shape index (κ3) is 7.52. The van der Waals surface area contributed by atoms with E-state index in [-0.39, 0.29) is 28.8 Å². The molecule has 1 aliphatic heterocycles. The van der Waals surface area contributed by atoms with Crippen LogP contribution in [-0.4, -0.2) is 41.5 Å². The summed E-state index contributed by atoms with van der Waals surface area (Å²) in [4.78, 5) is 17.5. The van der Waals surface area contributed by atoms with Crippen molar-refractivity contribution in [3.05, 3.63) is 54.1 Å². The fourth-order valence-electron chi connectivity index (χ4n) is 4.23. The van der Waals surface area contributed by atoms with Gasteiger partial charge in [0.15, 0.2) is 0 Å². The summed E-state index contributed by atoms with van der Waals surface area (Å²) in [5, 5.41) is 11.7. The van der Waals surface area contributed by atoms with Crippen molar-refractivity contribution >= 4 is 22.6 Å². The average Bonchev–Trinajstić information content (AvgIpc) is 3.31. The first-order valence-corrected chi connectivity index (χ1v) is 12.1. The number of aromatic nitrogens is 2. The van der Waals surface area contributed by atoms with E-state index in [4.69, 9.17) is 9.52 Å². The van der Waals surface area contributed by atoms with Crippen molar-refractivity contribution in [3.63, 3.8) is 0 Å². The Morgan fingerprint density at radius 3 is 2.54 bits per heavy atom. The molecule has 0 radical (unpaired) electrons. The highest BCUT2D eigenvalue weighted by molar-refractivity contribution is 6.00. The number of carboxylic acids is 1. The molecule has 0 atom stereocenters. The molecule has 0 saturated heterocycles. The van der Waals surface area contributed by atoms with Crippen molar-refractivity contribution in [1.82, 2.24) is 4.98 Å². The number of aromatic amines is 1. The van der Waals surface area contributed by atoms with Crippen LogP contribution in [0.1, 0.15) is 25.7 Å². The van der Waals surface area contributed by atoms with E-state index in [1.165, 1.54) is 24.3 Å². The van der Waals surface area contributed by atoms with Gasteiger partial charge in [-0.25, -0.2) is 9.55 Å². The minimum absolute atomic E-state index is 0.0398. The summed E-state index contributed by atoms with van der Waals surface area (Å²) in [6.45, 7) is -2.07. The molecular formula is C26H25F6N4O3+. The Hall–Kier alpha value is -4.03. The normalized spacial score (nSPS) is 12.9. The highest BCUT2D eigenvalue weighted by Crippen LogP contribution is 2.39. The Bertz CT molecular complexity index is 1490. The first-order valence-electron chi connectivity index (χ1n) is 12.1. The maximum absolute atomic E-state index is 12.7. The van der Waals surface area contributed by atoms with Crippen LogP contribution in [0.4, 0.5) is 32.0 Å². The third-order valence-electron chi connectivity index (χ3n) is 5.93. The maximum Gasteiger partial charge on any atom is 0.407 e. The zero-order valence-electron chi connectivity index (χ0n) is 20.5. The Morgan fingerprint density at radius 1 is 1.03 bits per heavy atom. The van der Waals surface area contributed by atoms with Crippen LogP contribution in [0.3, 0.4) is 0 Å². The molecule has 1 aromatic heterocycles. The van der Waals surface area contributed by atoms with Crippen molar-refractivity contribution < 1.29 is 45.2 Å². The number of alkyl halides is 6. The van der Waals surface area contributed by atoms with E-state index in [2.05, 4.69) is 15.3 Å². The fraction of sp³-hybridized carbons (Fsp3) is 0.346. The second-order valence-corrected chi connectivity index (χ2v) is 8.98. The SMILES string of the molecule is O=C(O)CCCCC[n+]1cc[nH]c1-c1c2ccc(=NCC(F)(F)F)cc-2oc2cc(NCC(F)(F)F)ccc12. The summed E-state index contributed by atoms with van der Waals surface area (Å²) in [5.74, 6) is -0.00656. The molecule has 39 heavy (non-hydrogen) atoms. The summed E-state index contributed by atoms with van der Waals surface area (Å²) in [5.41, 5.74) is 1.59. The zero-order chi connectivity index (χ0) is 28.2. The summed E-state index contributed by atoms with van der Waals surface area (Å²) in [6, 6.07) is 8.91. The number of benzene rings is 2. The van der Waals surface area contributed by atoms with Crippen molar-refractivity contribution in [2.75, 3.05) is 18.4 Å². The van der Waals surface area contributed by atoms with Crippen LogP contribution in [0.15, 0.2) is 58.2 Å². The number of hydrogen-bond donors (Lipinski definition) is 3. The number of unbranched alkanes of at least 4 members (excludes halogenated alkanes) is 2. The van der Waals surface area contributed by atoms with Gasteiger partial charge >= 0.3 is 18.3 Å². The van der Waals surface area contributed by atoms with Gasteiger partial charge in [-0.2, -0.15) is 26.3 Å². The number of H-pyrrole nitrogens is 1. The van der Waals surface area contributed by atoms with Crippen molar-refractivity contribution in [2.45, 2.75) is 44.6 Å². The number of aryl methyl sites for hydroxylation is 1. The van der Waals surface area contributed by atoms with Gasteiger partial charge in [-0.05, 0) is 43.5 Å². The molecule has 3 N–H and O–H groups in total. The van der Waals surface area contributed by atoms with Crippen LogP contribution in [0.2, 0.25) is 0 Å². The molecule has 0 unspecified atom stereocenters. The quantitative estimate of drug-likeness (QED) is 0.0983. The number of nitrogens with zero attached hydrogens (tertiary/aromatic N) is 2. The molecule has 0 spiro atoms. The van der Waals surface area contributed by atoms with Crippen molar-refractivity contribution in [1.29, 1.82) is 0 Å². The minimum atomic E-state index is -4.49. The molecule has 2 aliphatic rings. The predicted molar refractivity (Wildman–Crippen MR) is 130 cm³/mol. The monoisotopic (exact) mass is 555 g/mol. The Labute approximate surface area is 218 Å². The minimum Gasteiger partial charge on any atom is -0.481 e. The highest BCUT2D eigenvalue weighted by atomic mass is 19.4. The van der Waals surface area contributed by atoms with Crippen molar-refractivity contribution in [3.8, 4) is 22.7 Å². The number of carboxylic acid groups (broad SMARTS) is 1. The number of fused-ring (bicyclic) bond motifs is 2.